The molecule has 0 radical (unpaired) electrons. The van der Waals surface area contributed by atoms with Crippen LogP contribution in [0.2, 0.25) is 0 Å². The van der Waals surface area contributed by atoms with Crippen LogP contribution in [0.5, 0.6) is 0 Å². The average Bonchev–Trinajstić information content (AvgIpc) is 2.85. The maximum Gasteiger partial charge on any atom is 0.361 e. The molecule has 0 bridgehead atoms. The highest BCUT2D eigenvalue weighted by atomic mass is 16.7. The SMILES string of the molecule is CCCCCCCCCCCCCCCCCCOC(OCCOCCOCCOCC)C(=O)O. The van der Waals surface area contributed by atoms with Gasteiger partial charge in [-0.1, -0.05) is 103 Å². The molecule has 0 aliphatic rings. The summed E-state index contributed by atoms with van der Waals surface area (Å²) in [5.74, 6) is -1.10. The van der Waals surface area contributed by atoms with Gasteiger partial charge in [0.1, 0.15) is 0 Å². The minimum absolute atomic E-state index is 0.175. The molecule has 210 valence electrons. The minimum Gasteiger partial charge on any atom is -0.477 e. The summed E-state index contributed by atoms with van der Waals surface area (Å²) in [5, 5.41) is 9.23. The Morgan fingerprint density at radius 1 is 0.514 bits per heavy atom. The van der Waals surface area contributed by atoms with Crippen LogP contribution in [0.4, 0.5) is 0 Å². The number of unbranched alkanes of at least 4 members (excludes halogenated alkanes) is 15. The summed E-state index contributed by atoms with van der Waals surface area (Å²) in [5.41, 5.74) is 0. The first-order chi connectivity index (χ1) is 17.2. The fourth-order valence-electron chi connectivity index (χ4n) is 3.83. The zero-order valence-corrected chi connectivity index (χ0v) is 22.9. The second kappa shape index (κ2) is 29.5. The van der Waals surface area contributed by atoms with Crippen molar-refractivity contribution in [1.82, 2.24) is 0 Å². The largest absolute Gasteiger partial charge is 0.477 e. The van der Waals surface area contributed by atoms with Gasteiger partial charge >= 0.3 is 5.97 Å². The van der Waals surface area contributed by atoms with E-state index in [2.05, 4.69) is 6.92 Å². The van der Waals surface area contributed by atoms with Crippen LogP contribution in [0.3, 0.4) is 0 Å². The molecule has 0 heterocycles. The van der Waals surface area contributed by atoms with Crippen molar-refractivity contribution in [1.29, 1.82) is 0 Å². The fourth-order valence-corrected chi connectivity index (χ4v) is 3.83. The summed E-state index contributed by atoms with van der Waals surface area (Å²) >= 11 is 0. The molecular formula is C28H56O7. The topological polar surface area (TPSA) is 83.5 Å². The van der Waals surface area contributed by atoms with Crippen molar-refractivity contribution in [2.45, 2.75) is 123 Å². The van der Waals surface area contributed by atoms with Gasteiger partial charge in [-0.3, -0.25) is 0 Å². The lowest BCUT2D eigenvalue weighted by Crippen LogP contribution is -2.29. The van der Waals surface area contributed by atoms with E-state index in [0.29, 0.717) is 46.2 Å². The molecule has 0 rings (SSSR count). The molecule has 0 aromatic heterocycles. The first-order valence-corrected chi connectivity index (χ1v) is 14.4. The Hall–Kier alpha value is -0.730. The molecule has 1 atom stereocenters. The van der Waals surface area contributed by atoms with Crippen LogP contribution >= 0.6 is 0 Å². The highest BCUT2D eigenvalue weighted by Crippen LogP contribution is 2.13. The first kappa shape index (κ1) is 34.3. The van der Waals surface area contributed by atoms with Gasteiger partial charge in [-0.25, -0.2) is 4.79 Å². The van der Waals surface area contributed by atoms with E-state index < -0.39 is 12.3 Å². The zero-order valence-electron chi connectivity index (χ0n) is 22.9. The third kappa shape index (κ3) is 27.7. The molecule has 1 N–H and O–H groups in total. The van der Waals surface area contributed by atoms with Gasteiger partial charge in [-0.15, -0.1) is 0 Å². The highest BCUT2D eigenvalue weighted by molar-refractivity contribution is 5.70. The van der Waals surface area contributed by atoms with Crippen LogP contribution in [-0.4, -0.2) is 70.2 Å². The number of carboxylic acid groups (broad SMARTS) is 1. The summed E-state index contributed by atoms with van der Waals surface area (Å²) < 4.78 is 26.5. The lowest BCUT2D eigenvalue weighted by atomic mass is 10.0. The molecule has 7 heteroatoms. The predicted molar refractivity (Wildman–Crippen MR) is 141 cm³/mol. The second-order valence-corrected chi connectivity index (χ2v) is 9.14. The number of hydrogen-bond acceptors (Lipinski definition) is 6. The lowest BCUT2D eigenvalue weighted by molar-refractivity contribution is -0.192. The quantitative estimate of drug-likeness (QED) is 0.0854. The summed E-state index contributed by atoms with van der Waals surface area (Å²) in [6, 6.07) is 0. The number of carboxylic acids is 1. The van der Waals surface area contributed by atoms with Crippen molar-refractivity contribution < 1.29 is 33.6 Å². The molecule has 0 aromatic carbocycles. The molecule has 0 aromatic rings. The summed E-state index contributed by atoms with van der Waals surface area (Å²) in [6.45, 7) is 7.82. The van der Waals surface area contributed by atoms with Gasteiger partial charge in [-0.05, 0) is 13.3 Å². The van der Waals surface area contributed by atoms with E-state index in [-0.39, 0.29) is 6.61 Å². The first-order valence-electron chi connectivity index (χ1n) is 14.4. The molecule has 1 unspecified atom stereocenters. The van der Waals surface area contributed by atoms with Crippen molar-refractivity contribution in [3.8, 4) is 0 Å². The van der Waals surface area contributed by atoms with Crippen LogP contribution in [0.1, 0.15) is 117 Å². The molecule has 0 aliphatic heterocycles. The molecule has 0 fully saturated rings. The highest BCUT2D eigenvalue weighted by Gasteiger charge is 2.18. The number of ether oxygens (including phenoxy) is 5. The zero-order chi connectivity index (χ0) is 25.7. The number of aliphatic carboxylic acids is 1. The van der Waals surface area contributed by atoms with E-state index in [1.807, 2.05) is 6.92 Å². The van der Waals surface area contributed by atoms with Crippen LogP contribution in [-0.2, 0) is 28.5 Å². The van der Waals surface area contributed by atoms with E-state index in [1.54, 1.807) is 0 Å². The van der Waals surface area contributed by atoms with E-state index in [9.17, 15) is 9.90 Å². The summed E-state index contributed by atoms with van der Waals surface area (Å²) in [6.07, 6.45) is 19.7. The number of carbonyl (C=O) groups is 1. The third-order valence-electron chi connectivity index (χ3n) is 5.91. The monoisotopic (exact) mass is 504 g/mol. The smallest absolute Gasteiger partial charge is 0.361 e. The standard InChI is InChI=1S/C28H56O7/c1-3-5-6-7-8-9-10-11-12-13-14-15-16-17-18-19-20-34-28(27(29)30)35-26-25-33-24-23-32-22-21-31-4-2/h28H,3-26H2,1-2H3,(H,29,30). The van der Waals surface area contributed by atoms with Crippen molar-refractivity contribution in [3.63, 3.8) is 0 Å². The normalized spacial score (nSPS) is 12.3. The van der Waals surface area contributed by atoms with Gasteiger partial charge in [-0.2, -0.15) is 0 Å². The lowest BCUT2D eigenvalue weighted by Gasteiger charge is -2.14. The van der Waals surface area contributed by atoms with E-state index >= 15 is 0 Å². The van der Waals surface area contributed by atoms with Crippen molar-refractivity contribution >= 4 is 5.97 Å². The number of rotatable bonds is 30. The van der Waals surface area contributed by atoms with E-state index in [4.69, 9.17) is 23.7 Å². The Morgan fingerprint density at radius 3 is 1.31 bits per heavy atom. The number of hydrogen-bond donors (Lipinski definition) is 1. The maximum absolute atomic E-state index is 11.3. The molecule has 0 spiro atoms. The Morgan fingerprint density at radius 2 is 0.886 bits per heavy atom. The minimum atomic E-state index is -1.22. The fraction of sp³-hybridized carbons (Fsp3) is 0.964. The van der Waals surface area contributed by atoms with Crippen LogP contribution in [0, 0.1) is 0 Å². The molecule has 7 nitrogen and oxygen atoms in total. The van der Waals surface area contributed by atoms with Gasteiger partial charge in [0, 0.05) is 6.61 Å². The molecule has 0 amide bonds. The Balaban J connectivity index is 3.37. The second-order valence-electron chi connectivity index (χ2n) is 9.14. The Labute approximate surface area is 215 Å². The molecule has 0 saturated heterocycles. The average molecular weight is 505 g/mol. The van der Waals surface area contributed by atoms with Gasteiger partial charge in [0.05, 0.1) is 46.2 Å². The summed E-state index contributed by atoms with van der Waals surface area (Å²) in [4.78, 5) is 11.3. The molecule has 35 heavy (non-hydrogen) atoms. The van der Waals surface area contributed by atoms with Gasteiger partial charge in [0.2, 0.25) is 0 Å². The Kier molecular flexibility index (Phi) is 28.9. The molecular weight excluding hydrogens is 448 g/mol. The third-order valence-corrected chi connectivity index (χ3v) is 5.91. The Bertz CT molecular complexity index is 420. The molecule has 0 saturated carbocycles. The van der Waals surface area contributed by atoms with Crippen LogP contribution in [0.15, 0.2) is 0 Å². The van der Waals surface area contributed by atoms with Gasteiger partial charge in [0.25, 0.3) is 6.29 Å². The predicted octanol–water partition coefficient (Wildman–Crippen LogP) is 6.76. The van der Waals surface area contributed by atoms with Crippen LogP contribution < -0.4 is 0 Å². The van der Waals surface area contributed by atoms with Gasteiger partial charge in [0.15, 0.2) is 0 Å². The summed E-state index contributed by atoms with van der Waals surface area (Å²) in [7, 11) is 0. The van der Waals surface area contributed by atoms with Crippen LogP contribution in [0.25, 0.3) is 0 Å². The van der Waals surface area contributed by atoms with Crippen molar-refractivity contribution in [3.05, 3.63) is 0 Å². The van der Waals surface area contributed by atoms with Gasteiger partial charge < -0.3 is 28.8 Å². The maximum atomic E-state index is 11.3. The van der Waals surface area contributed by atoms with Crippen molar-refractivity contribution in [2.75, 3.05) is 52.9 Å². The van der Waals surface area contributed by atoms with E-state index in [1.165, 1.54) is 89.9 Å². The molecule has 0 aliphatic carbocycles. The van der Waals surface area contributed by atoms with Crippen molar-refractivity contribution in [2.24, 2.45) is 0 Å². The van der Waals surface area contributed by atoms with E-state index in [0.717, 1.165) is 12.8 Å².